The Morgan fingerprint density at radius 3 is 2.88 bits per heavy atom. The van der Waals surface area contributed by atoms with E-state index in [-0.39, 0.29) is 29.0 Å². The van der Waals surface area contributed by atoms with E-state index in [0.717, 1.165) is 0 Å². The fourth-order valence-corrected chi connectivity index (χ4v) is 2.96. The van der Waals surface area contributed by atoms with Crippen molar-refractivity contribution in [1.29, 1.82) is 0 Å². The van der Waals surface area contributed by atoms with Gasteiger partial charge in [-0.25, -0.2) is 9.18 Å². The van der Waals surface area contributed by atoms with Crippen molar-refractivity contribution in [2.45, 2.75) is 20.0 Å². The molecule has 1 N–H and O–H groups in total. The molecule has 2 aromatic rings. The number of hydrogen-bond donors (Lipinski definition) is 1. The molecule has 3 rings (SSSR count). The molecule has 1 atom stereocenters. The van der Waals surface area contributed by atoms with E-state index in [1.807, 2.05) is 18.7 Å². The van der Waals surface area contributed by atoms with E-state index in [9.17, 15) is 14.3 Å². The van der Waals surface area contributed by atoms with Crippen LogP contribution < -0.4 is 9.64 Å². The molecule has 2 heterocycles. The molecule has 0 bridgehead atoms. The quantitative estimate of drug-likeness (QED) is 0.873. The molecule has 0 aliphatic carbocycles. The lowest BCUT2D eigenvalue weighted by Gasteiger charge is -2.34. The van der Waals surface area contributed by atoms with Gasteiger partial charge in [0.05, 0.1) is 19.8 Å². The maximum absolute atomic E-state index is 13.6. The van der Waals surface area contributed by atoms with Crippen LogP contribution in [0.5, 0.6) is 5.75 Å². The van der Waals surface area contributed by atoms with Gasteiger partial charge in [0.15, 0.2) is 28.7 Å². The van der Waals surface area contributed by atoms with E-state index in [1.165, 1.54) is 25.3 Å². The molecule has 0 radical (unpaired) electrons. The lowest BCUT2D eigenvalue weighted by atomic mass is 10.0. The number of nitrogens with zero attached hydrogens (tertiary/aromatic N) is 2. The largest absolute Gasteiger partial charge is 0.494 e. The minimum absolute atomic E-state index is 0.00281. The molecule has 1 aromatic heterocycles. The van der Waals surface area contributed by atoms with Gasteiger partial charge in [-0.3, -0.25) is 0 Å². The monoisotopic (exact) mass is 364 g/mol. The van der Waals surface area contributed by atoms with Crippen LogP contribution >= 0.6 is 0 Å². The van der Waals surface area contributed by atoms with Crippen LogP contribution in [0, 0.1) is 11.7 Å². The average Bonchev–Trinajstić information content (AvgIpc) is 3.07. The van der Waals surface area contributed by atoms with Gasteiger partial charge in [-0.15, -0.1) is 0 Å². The number of rotatable bonds is 5. The predicted molar refractivity (Wildman–Crippen MR) is 92.2 cm³/mol. The molecule has 1 aliphatic rings. The van der Waals surface area contributed by atoms with Crippen LogP contribution in [0.1, 0.15) is 24.2 Å². The molecule has 1 saturated heterocycles. The van der Waals surface area contributed by atoms with Gasteiger partial charge in [-0.2, -0.15) is 0 Å². The van der Waals surface area contributed by atoms with Crippen LogP contribution in [0.25, 0.3) is 11.3 Å². The number of aromatic nitrogens is 1. The number of carboxylic acid groups (broad SMARTS) is 1. The van der Waals surface area contributed by atoms with Gasteiger partial charge in [0, 0.05) is 18.7 Å². The highest BCUT2D eigenvalue weighted by Gasteiger charge is 2.32. The van der Waals surface area contributed by atoms with Gasteiger partial charge in [0.2, 0.25) is 0 Å². The summed E-state index contributed by atoms with van der Waals surface area (Å²) in [6.45, 7) is 5.62. The third kappa shape index (κ3) is 3.37. The van der Waals surface area contributed by atoms with Crippen LogP contribution in [0.3, 0.4) is 0 Å². The normalized spacial score (nSPS) is 17.6. The Morgan fingerprint density at radius 1 is 1.46 bits per heavy atom. The molecule has 1 aliphatic heterocycles. The van der Waals surface area contributed by atoms with Crippen molar-refractivity contribution in [3.63, 3.8) is 0 Å². The summed E-state index contributed by atoms with van der Waals surface area (Å²) in [5, 5.41) is 13.7. The highest BCUT2D eigenvalue weighted by atomic mass is 19.1. The fourth-order valence-electron chi connectivity index (χ4n) is 2.96. The molecule has 26 heavy (non-hydrogen) atoms. The van der Waals surface area contributed by atoms with Crippen molar-refractivity contribution in [2.24, 2.45) is 5.92 Å². The Kier molecular flexibility index (Phi) is 5.13. The number of carbonyl (C=O) groups is 1. The maximum Gasteiger partial charge on any atom is 0.343 e. The number of hydrogen-bond acceptors (Lipinski definition) is 6. The predicted octanol–water partition coefficient (Wildman–Crippen LogP) is 3.05. The van der Waals surface area contributed by atoms with E-state index >= 15 is 0 Å². The second-order valence-corrected chi connectivity index (χ2v) is 6.46. The van der Waals surface area contributed by atoms with Crippen molar-refractivity contribution >= 4 is 11.8 Å². The molecule has 0 saturated carbocycles. The summed E-state index contributed by atoms with van der Waals surface area (Å²) < 4.78 is 29.7. The number of aromatic carboxylic acids is 1. The first-order chi connectivity index (χ1) is 12.4. The molecular formula is C18H21FN2O5. The molecule has 1 unspecified atom stereocenters. The van der Waals surface area contributed by atoms with E-state index in [2.05, 4.69) is 5.16 Å². The second-order valence-electron chi connectivity index (χ2n) is 6.46. The Balaban J connectivity index is 2.00. The number of carboxylic acids is 1. The number of anilines is 1. The third-order valence-electron chi connectivity index (χ3n) is 4.44. The Labute approximate surface area is 150 Å². The number of morpholine rings is 1. The maximum atomic E-state index is 13.6. The van der Waals surface area contributed by atoms with Crippen molar-refractivity contribution in [2.75, 3.05) is 31.7 Å². The molecule has 1 aromatic carbocycles. The fraction of sp³-hybridized carbons (Fsp3) is 0.444. The molecule has 7 nitrogen and oxygen atoms in total. The lowest BCUT2D eigenvalue weighted by Crippen LogP contribution is -2.45. The summed E-state index contributed by atoms with van der Waals surface area (Å²) >= 11 is 0. The molecular weight excluding hydrogens is 343 g/mol. The molecule has 140 valence electrons. The zero-order chi connectivity index (χ0) is 18.8. The third-order valence-corrected chi connectivity index (χ3v) is 4.44. The zero-order valence-electron chi connectivity index (χ0n) is 14.9. The minimum atomic E-state index is -1.16. The van der Waals surface area contributed by atoms with Gasteiger partial charge in [-0.05, 0) is 24.1 Å². The van der Waals surface area contributed by atoms with E-state index in [1.54, 1.807) is 0 Å². The first kappa shape index (κ1) is 18.2. The summed E-state index contributed by atoms with van der Waals surface area (Å²) in [7, 11) is 1.34. The van der Waals surface area contributed by atoms with Gasteiger partial charge >= 0.3 is 5.97 Å². The van der Waals surface area contributed by atoms with E-state index in [4.69, 9.17) is 14.0 Å². The smallest absolute Gasteiger partial charge is 0.343 e. The van der Waals surface area contributed by atoms with Crippen molar-refractivity contribution in [3.8, 4) is 17.1 Å². The van der Waals surface area contributed by atoms with Gasteiger partial charge < -0.3 is 24.0 Å². The average molecular weight is 364 g/mol. The molecule has 8 heteroatoms. The molecule has 0 spiro atoms. The molecule has 1 fully saturated rings. The summed E-state index contributed by atoms with van der Waals surface area (Å²) in [6.07, 6.45) is -0.0172. The van der Waals surface area contributed by atoms with E-state index < -0.39 is 11.8 Å². The second kappa shape index (κ2) is 7.33. The topological polar surface area (TPSA) is 85.0 Å². The Bertz CT molecular complexity index is 805. The van der Waals surface area contributed by atoms with Crippen LogP contribution in [-0.2, 0) is 4.74 Å². The minimum Gasteiger partial charge on any atom is -0.494 e. The SMILES string of the molecule is COc1cc(-c2onc(N3CCOC(C(C)C)C3)c2C(=O)O)ccc1F. The molecule has 0 amide bonds. The Morgan fingerprint density at radius 2 is 2.23 bits per heavy atom. The highest BCUT2D eigenvalue weighted by molar-refractivity contribution is 5.99. The van der Waals surface area contributed by atoms with Crippen molar-refractivity contribution in [3.05, 3.63) is 29.6 Å². The zero-order valence-corrected chi connectivity index (χ0v) is 14.9. The number of methoxy groups -OCH3 is 1. The van der Waals surface area contributed by atoms with Crippen LogP contribution in [0.15, 0.2) is 22.7 Å². The van der Waals surface area contributed by atoms with Crippen molar-refractivity contribution < 1.29 is 28.3 Å². The standard InChI is InChI=1S/C18H21FN2O5/c1-10(2)14-9-21(6-7-25-14)17-15(18(22)23)16(26-20-17)11-4-5-12(19)13(8-11)24-3/h4-5,8,10,14H,6-7,9H2,1-3H3,(H,22,23). The highest BCUT2D eigenvalue weighted by Crippen LogP contribution is 2.34. The first-order valence-corrected chi connectivity index (χ1v) is 8.35. The van der Waals surface area contributed by atoms with Crippen LogP contribution in [-0.4, -0.2) is 49.1 Å². The summed E-state index contributed by atoms with van der Waals surface area (Å²) in [5.74, 6) is -1.09. The summed E-state index contributed by atoms with van der Waals surface area (Å²) in [6, 6.07) is 4.03. The lowest BCUT2D eigenvalue weighted by molar-refractivity contribution is 0.0109. The van der Waals surface area contributed by atoms with Crippen LogP contribution in [0.4, 0.5) is 10.2 Å². The van der Waals surface area contributed by atoms with Crippen molar-refractivity contribution in [1.82, 2.24) is 5.16 Å². The number of halogens is 1. The van der Waals surface area contributed by atoms with Gasteiger partial charge in [0.1, 0.15) is 0 Å². The van der Waals surface area contributed by atoms with Crippen LogP contribution in [0.2, 0.25) is 0 Å². The number of benzene rings is 1. The van der Waals surface area contributed by atoms with Gasteiger partial charge in [0.25, 0.3) is 0 Å². The Hall–Kier alpha value is -2.61. The van der Waals surface area contributed by atoms with E-state index in [0.29, 0.717) is 31.2 Å². The summed E-state index contributed by atoms with van der Waals surface area (Å²) in [4.78, 5) is 13.7. The summed E-state index contributed by atoms with van der Waals surface area (Å²) in [5.41, 5.74) is 0.330. The number of ether oxygens (including phenoxy) is 2. The first-order valence-electron chi connectivity index (χ1n) is 8.35. The van der Waals surface area contributed by atoms with Gasteiger partial charge in [-0.1, -0.05) is 19.0 Å².